The molecular formula is C20H30ClN3O5S. The van der Waals surface area contributed by atoms with E-state index in [2.05, 4.69) is 12.2 Å². The zero-order valence-corrected chi connectivity index (χ0v) is 19.4. The van der Waals surface area contributed by atoms with Gasteiger partial charge in [0.1, 0.15) is 4.90 Å². The van der Waals surface area contributed by atoms with Crippen LogP contribution >= 0.6 is 11.6 Å². The number of benzene rings is 1. The van der Waals surface area contributed by atoms with Gasteiger partial charge in [0.05, 0.1) is 18.1 Å². The summed E-state index contributed by atoms with van der Waals surface area (Å²) < 4.78 is 25.9. The van der Waals surface area contributed by atoms with Crippen molar-refractivity contribution in [2.24, 2.45) is 5.92 Å². The molecule has 1 N–H and O–H groups in total. The second kappa shape index (κ2) is 10.6. The lowest BCUT2D eigenvalue weighted by Crippen LogP contribution is -2.49. The number of carbonyl (C=O) groups is 2. The number of sulfonamides is 1. The Morgan fingerprint density at radius 1 is 1.33 bits per heavy atom. The van der Waals surface area contributed by atoms with Crippen molar-refractivity contribution in [2.75, 3.05) is 27.2 Å². The first-order valence-electron chi connectivity index (χ1n) is 10.0. The van der Waals surface area contributed by atoms with E-state index in [0.29, 0.717) is 30.4 Å². The highest BCUT2D eigenvalue weighted by Crippen LogP contribution is 2.28. The van der Waals surface area contributed by atoms with Crippen molar-refractivity contribution in [3.8, 4) is 0 Å². The van der Waals surface area contributed by atoms with Crippen molar-refractivity contribution < 1.29 is 22.8 Å². The number of carbonyl (C=O) groups excluding carboxylic acids is 2. The average molecular weight is 460 g/mol. The lowest BCUT2D eigenvalue weighted by atomic mass is 9.92. The van der Waals surface area contributed by atoms with Crippen LogP contribution in [0.4, 0.5) is 0 Å². The maximum Gasteiger partial charge on any atom is 0.266 e. The number of piperidine rings is 1. The van der Waals surface area contributed by atoms with Crippen LogP contribution in [0.15, 0.2) is 23.1 Å². The molecule has 0 radical (unpaired) electrons. The van der Waals surface area contributed by atoms with Crippen LogP contribution in [0.1, 0.15) is 49.9 Å². The largest absolute Gasteiger partial charge is 0.356 e. The highest BCUT2D eigenvalue weighted by Gasteiger charge is 2.34. The molecule has 2 unspecified atom stereocenters. The zero-order valence-electron chi connectivity index (χ0n) is 17.9. The zero-order chi connectivity index (χ0) is 22.5. The van der Waals surface area contributed by atoms with Gasteiger partial charge in [-0.3, -0.25) is 14.4 Å². The Bertz CT molecular complexity index is 877. The van der Waals surface area contributed by atoms with Crippen molar-refractivity contribution >= 4 is 33.4 Å². The molecule has 0 bridgehead atoms. The molecule has 0 aromatic heterocycles. The maximum atomic E-state index is 13.2. The quantitative estimate of drug-likeness (QED) is 0.476. The summed E-state index contributed by atoms with van der Waals surface area (Å²) in [5, 5.41) is 2.93. The molecule has 1 fully saturated rings. The normalized spacial score (nSPS) is 19.7. The first-order chi connectivity index (χ1) is 14.1. The fraction of sp³-hybridized carbons (Fsp3) is 0.600. The lowest BCUT2D eigenvalue weighted by Gasteiger charge is -2.37. The topological polar surface area (TPSA) is 96.0 Å². The molecule has 1 aliphatic rings. The molecule has 1 saturated heterocycles. The molecule has 2 amide bonds. The van der Waals surface area contributed by atoms with E-state index in [-0.39, 0.29) is 39.3 Å². The van der Waals surface area contributed by atoms with Crippen LogP contribution in [0.5, 0.6) is 0 Å². The van der Waals surface area contributed by atoms with Crippen LogP contribution in [-0.2, 0) is 19.7 Å². The molecule has 1 heterocycles. The molecule has 8 nitrogen and oxygen atoms in total. The molecule has 30 heavy (non-hydrogen) atoms. The molecule has 0 aliphatic carbocycles. The first-order valence-corrected chi connectivity index (χ1v) is 11.9. The third-order valence-electron chi connectivity index (χ3n) is 5.39. The molecule has 0 saturated carbocycles. The fourth-order valence-corrected chi connectivity index (χ4v) is 4.85. The van der Waals surface area contributed by atoms with Gasteiger partial charge in [0, 0.05) is 31.7 Å². The van der Waals surface area contributed by atoms with Crippen LogP contribution in [-0.4, -0.2) is 62.9 Å². The summed E-state index contributed by atoms with van der Waals surface area (Å²) >= 11 is 6.09. The third-order valence-corrected chi connectivity index (χ3v) is 7.56. The minimum atomic E-state index is -4.01. The second-order valence-electron chi connectivity index (χ2n) is 7.47. The van der Waals surface area contributed by atoms with Crippen LogP contribution in [0.3, 0.4) is 0 Å². The van der Waals surface area contributed by atoms with Gasteiger partial charge in [-0.2, -0.15) is 0 Å². The van der Waals surface area contributed by atoms with E-state index in [1.807, 2.05) is 6.92 Å². The summed E-state index contributed by atoms with van der Waals surface area (Å²) in [7, 11) is -1.54. The Morgan fingerprint density at radius 3 is 2.67 bits per heavy atom. The van der Waals surface area contributed by atoms with Gasteiger partial charge in [-0.15, -0.1) is 0 Å². The summed E-state index contributed by atoms with van der Waals surface area (Å²) in [6.45, 7) is 4.90. The molecule has 1 aromatic rings. The van der Waals surface area contributed by atoms with Gasteiger partial charge < -0.3 is 10.2 Å². The Kier molecular flexibility index (Phi) is 8.66. The summed E-state index contributed by atoms with van der Waals surface area (Å²) in [5.41, 5.74) is 0.196. The molecule has 2 rings (SSSR count). The van der Waals surface area contributed by atoms with Gasteiger partial charge >= 0.3 is 0 Å². The number of hydroxylamine groups is 1. The number of nitrogens with one attached hydrogen (secondary N) is 1. The van der Waals surface area contributed by atoms with Crippen molar-refractivity contribution in [3.05, 3.63) is 28.8 Å². The Hall–Kier alpha value is -1.68. The molecular weight excluding hydrogens is 430 g/mol. The van der Waals surface area contributed by atoms with Gasteiger partial charge in [0.15, 0.2) is 0 Å². The number of rotatable bonds is 8. The second-order valence-corrected chi connectivity index (χ2v) is 9.78. The number of likely N-dealkylation sites (tertiary alicyclic amines) is 1. The summed E-state index contributed by atoms with van der Waals surface area (Å²) in [6, 6.07) is 4.07. The van der Waals surface area contributed by atoms with Crippen molar-refractivity contribution in [1.29, 1.82) is 0 Å². The van der Waals surface area contributed by atoms with Crippen molar-refractivity contribution in [2.45, 2.75) is 50.5 Å². The van der Waals surface area contributed by atoms with Crippen LogP contribution < -0.4 is 5.32 Å². The highest BCUT2D eigenvalue weighted by atomic mass is 35.5. The molecule has 10 heteroatoms. The molecule has 1 aliphatic heterocycles. The maximum absolute atomic E-state index is 13.2. The fourth-order valence-electron chi connectivity index (χ4n) is 3.37. The SMILES string of the molecule is CCCCNC(=O)C1CCC(C)N(C(=O)c2ccc(Cl)c(S(=O)(=O)N(C)OC)c2)C1. The monoisotopic (exact) mass is 459 g/mol. The summed E-state index contributed by atoms with van der Waals surface area (Å²) in [5.74, 6) is -0.659. The standard InChI is InChI=1S/C20H30ClN3O5S/c1-5-6-11-22-19(25)16-8-7-14(2)24(13-16)20(26)15-9-10-17(21)18(12-15)30(27,28)23(3)29-4/h9-10,12,14,16H,5-8,11,13H2,1-4H3,(H,22,25). The molecule has 1 aromatic carbocycles. The van der Waals surface area contributed by atoms with Crippen molar-refractivity contribution in [1.82, 2.24) is 14.7 Å². The van der Waals surface area contributed by atoms with E-state index in [4.69, 9.17) is 16.4 Å². The van der Waals surface area contributed by atoms with Crippen molar-refractivity contribution in [3.63, 3.8) is 0 Å². The first kappa shape index (κ1) is 24.6. The molecule has 0 spiro atoms. The number of hydrogen-bond acceptors (Lipinski definition) is 5. The van der Waals surface area contributed by atoms with Gasteiger partial charge in [-0.25, -0.2) is 8.42 Å². The minimum Gasteiger partial charge on any atom is -0.356 e. The van der Waals surface area contributed by atoms with E-state index < -0.39 is 10.0 Å². The predicted molar refractivity (Wildman–Crippen MR) is 115 cm³/mol. The third kappa shape index (κ3) is 5.51. The predicted octanol–water partition coefficient (Wildman–Crippen LogP) is 2.68. The minimum absolute atomic E-state index is 0.00433. The Morgan fingerprint density at radius 2 is 2.03 bits per heavy atom. The number of unbranched alkanes of at least 4 members (excludes halogenated alkanes) is 1. The van der Waals surface area contributed by atoms with Gasteiger partial charge in [-0.1, -0.05) is 29.4 Å². The van der Waals surface area contributed by atoms with Gasteiger partial charge in [-0.05, 0) is 44.4 Å². The highest BCUT2D eigenvalue weighted by molar-refractivity contribution is 7.89. The van der Waals surface area contributed by atoms with Crippen LogP contribution in [0.2, 0.25) is 5.02 Å². The van der Waals surface area contributed by atoms with E-state index in [9.17, 15) is 18.0 Å². The Labute approximate surface area is 183 Å². The number of amides is 2. The Balaban J connectivity index is 2.24. The lowest BCUT2D eigenvalue weighted by molar-refractivity contribution is -0.126. The van der Waals surface area contributed by atoms with Crippen LogP contribution in [0, 0.1) is 5.92 Å². The van der Waals surface area contributed by atoms with E-state index in [1.54, 1.807) is 4.90 Å². The van der Waals surface area contributed by atoms with Crippen LogP contribution in [0.25, 0.3) is 0 Å². The number of hydrogen-bond donors (Lipinski definition) is 1. The van der Waals surface area contributed by atoms with Gasteiger partial charge in [0.25, 0.3) is 15.9 Å². The average Bonchev–Trinajstić information content (AvgIpc) is 2.73. The van der Waals surface area contributed by atoms with Gasteiger partial charge in [0.2, 0.25) is 5.91 Å². The number of halogens is 1. The van der Waals surface area contributed by atoms with E-state index >= 15 is 0 Å². The van der Waals surface area contributed by atoms with E-state index in [1.165, 1.54) is 32.4 Å². The molecule has 2 atom stereocenters. The summed E-state index contributed by atoms with van der Waals surface area (Å²) in [6.07, 6.45) is 3.31. The number of nitrogens with zero attached hydrogens (tertiary/aromatic N) is 2. The summed E-state index contributed by atoms with van der Waals surface area (Å²) in [4.78, 5) is 31.8. The smallest absolute Gasteiger partial charge is 0.266 e. The molecule has 168 valence electrons. The van der Waals surface area contributed by atoms with E-state index in [0.717, 1.165) is 12.8 Å².